The number of carbonyl (C=O) groups is 2. The third kappa shape index (κ3) is 7.74. The molecule has 0 bridgehead atoms. The molecule has 2 amide bonds. The van der Waals surface area contributed by atoms with Gasteiger partial charge in [0.05, 0.1) is 0 Å². The summed E-state index contributed by atoms with van der Waals surface area (Å²) in [6, 6.07) is 13.4. The molecule has 0 saturated carbocycles. The number of nitrogens with zero attached hydrogens (tertiary/aromatic N) is 1. The number of amides is 2. The molecule has 0 fully saturated rings. The van der Waals surface area contributed by atoms with Crippen molar-refractivity contribution in [2.75, 3.05) is 13.2 Å². The zero-order chi connectivity index (χ0) is 23.0. The van der Waals surface area contributed by atoms with E-state index in [0.29, 0.717) is 31.2 Å². The van der Waals surface area contributed by atoms with Crippen LogP contribution in [0, 0.1) is 26.7 Å². The van der Waals surface area contributed by atoms with Gasteiger partial charge in [0, 0.05) is 13.1 Å². The van der Waals surface area contributed by atoms with Crippen LogP contribution in [0.15, 0.2) is 42.5 Å². The Morgan fingerprint density at radius 2 is 1.58 bits per heavy atom. The molecule has 0 unspecified atom stereocenters. The molecule has 0 aliphatic rings. The van der Waals surface area contributed by atoms with Crippen molar-refractivity contribution < 1.29 is 14.3 Å². The van der Waals surface area contributed by atoms with Gasteiger partial charge in [-0.15, -0.1) is 0 Å². The molecule has 0 aromatic heterocycles. The molecule has 2 aromatic rings. The molecule has 1 atom stereocenters. The minimum Gasteiger partial charge on any atom is -0.484 e. The normalized spacial score (nSPS) is 11.8. The molecule has 2 rings (SSSR count). The minimum atomic E-state index is -0.546. The second kappa shape index (κ2) is 11.5. The molecule has 5 nitrogen and oxygen atoms in total. The van der Waals surface area contributed by atoms with Crippen LogP contribution < -0.4 is 10.1 Å². The summed E-state index contributed by atoms with van der Waals surface area (Å²) in [5, 5.41) is 2.98. The molecule has 168 valence electrons. The largest absolute Gasteiger partial charge is 0.484 e. The number of rotatable bonds is 10. The molecule has 0 aliphatic carbocycles. The standard InChI is InChI=1S/C26H36N2O3/c1-7-24(26(30)27-15-18(2)3)28(16-22-10-8-19(4)9-11-22)25(29)17-31-23-13-20(5)12-21(6)14-23/h8-14,18,24H,7,15-17H2,1-6H3,(H,27,30)/t24-/m0/s1. The highest BCUT2D eigenvalue weighted by molar-refractivity contribution is 5.88. The molecular formula is C26H36N2O3. The van der Waals surface area contributed by atoms with Crippen molar-refractivity contribution in [1.29, 1.82) is 0 Å². The molecule has 0 spiro atoms. The van der Waals surface area contributed by atoms with E-state index >= 15 is 0 Å². The Morgan fingerprint density at radius 3 is 2.13 bits per heavy atom. The van der Waals surface area contributed by atoms with Crippen LogP contribution in [0.25, 0.3) is 0 Å². The maximum Gasteiger partial charge on any atom is 0.261 e. The number of nitrogens with one attached hydrogen (secondary N) is 1. The first-order chi connectivity index (χ1) is 14.7. The van der Waals surface area contributed by atoms with E-state index in [4.69, 9.17) is 4.74 Å². The quantitative estimate of drug-likeness (QED) is 0.608. The van der Waals surface area contributed by atoms with Crippen LogP contribution in [0.5, 0.6) is 5.75 Å². The third-order valence-electron chi connectivity index (χ3n) is 5.10. The number of ether oxygens (including phenoxy) is 1. The van der Waals surface area contributed by atoms with E-state index in [1.165, 1.54) is 0 Å². The fourth-order valence-electron chi connectivity index (χ4n) is 3.48. The summed E-state index contributed by atoms with van der Waals surface area (Å²) in [5.41, 5.74) is 4.30. The van der Waals surface area contributed by atoms with Gasteiger partial charge in [-0.3, -0.25) is 9.59 Å². The first kappa shape index (κ1) is 24.4. The fourth-order valence-corrected chi connectivity index (χ4v) is 3.48. The Morgan fingerprint density at radius 1 is 0.968 bits per heavy atom. The first-order valence-corrected chi connectivity index (χ1v) is 11.0. The summed E-state index contributed by atoms with van der Waals surface area (Å²) in [7, 11) is 0. The lowest BCUT2D eigenvalue weighted by Gasteiger charge is -2.31. The second-order valence-corrected chi connectivity index (χ2v) is 8.68. The van der Waals surface area contributed by atoms with Gasteiger partial charge in [-0.25, -0.2) is 0 Å². The van der Waals surface area contributed by atoms with Gasteiger partial charge in [-0.05, 0) is 61.9 Å². The Kier molecular flexibility index (Phi) is 9.10. The molecule has 31 heavy (non-hydrogen) atoms. The number of hydrogen-bond acceptors (Lipinski definition) is 3. The number of carbonyl (C=O) groups excluding carboxylic acids is 2. The zero-order valence-corrected chi connectivity index (χ0v) is 19.7. The van der Waals surface area contributed by atoms with Crippen LogP contribution >= 0.6 is 0 Å². The molecule has 0 radical (unpaired) electrons. The summed E-state index contributed by atoms with van der Waals surface area (Å²) in [6.07, 6.45) is 0.533. The van der Waals surface area contributed by atoms with Gasteiger partial charge in [-0.2, -0.15) is 0 Å². The fraction of sp³-hybridized carbons (Fsp3) is 0.462. The van der Waals surface area contributed by atoms with Gasteiger partial charge >= 0.3 is 0 Å². The van der Waals surface area contributed by atoms with E-state index in [2.05, 4.69) is 11.4 Å². The van der Waals surface area contributed by atoms with E-state index in [1.807, 2.05) is 77.9 Å². The van der Waals surface area contributed by atoms with Crippen molar-refractivity contribution in [1.82, 2.24) is 10.2 Å². The lowest BCUT2D eigenvalue weighted by atomic mass is 10.1. The van der Waals surface area contributed by atoms with E-state index < -0.39 is 6.04 Å². The summed E-state index contributed by atoms with van der Waals surface area (Å²) < 4.78 is 5.82. The third-order valence-corrected chi connectivity index (χ3v) is 5.10. The van der Waals surface area contributed by atoms with Crippen LogP contribution in [0.1, 0.15) is 49.4 Å². The van der Waals surface area contributed by atoms with E-state index in [1.54, 1.807) is 4.90 Å². The van der Waals surface area contributed by atoms with E-state index in [-0.39, 0.29) is 18.4 Å². The van der Waals surface area contributed by atoms with Gasteiger partial charge < -0.3 is 15.0 Å². The summed E-state index contributed by atoms with van der Waals surface area (Å²) in [6.45, 7) is 12.9. The van der Waals surface area contributed by atoms with Crippen molar-refractivity contribution in [2.24, 2.45) is 5.92 Å². The topological polar surface area (TPSA) is 58.6 Å². The van der Waals surface area contributed by atoms with E-state index in [9.17, 15) is 9.59 Å². The van der Waals surface area contributed by atoms with Gasteiger partial charge in [0.2, 0.25) is 5.91 Å². The average Bonchev–Trinajstić information content (AvgIpc) is 2.71. The highest BCUT2D eigenvalue weighted by atomic mass is 16.5. The molecule has 0 aliphatic heterocycles. The average molecular weight is 425 g/mol. The van der Waals surface area contributed by atoms with Crippen LogP contribution in [-0.2, 0) is 16.1 Å². The van der Waals surface area contributed by atoms with Gasteiger partial charge in [-0.1, -0.05) is 56.7 Å². The smallest absolute Gasteiger partial charge is 0.261 e. The number of hydrogen-bond donors (Lipinski definition) is 1. The lowest BCUT2D eigenvalue weighted by Crippen LogP contribution is -2.50. The predicted molar refractivity (Wildman–Crippen MR) is 125 cm³/mol. The van der Waals surface area contributed by atoms with Crippen molar-refractivity contribution in [2.45, 2.75) is 60.5 Å². The second-order valence-electron chi connectivity index (χ2n) is 8.68. The molecule has 0 heterocycles. The van der Waals surface area contributed by atoms with Gasteiger partial charge in [0.25, 0.3) is 5.91 Å². The van der Waals surface area contributed by atoms with Crippen LogP contribution in [0.3, 0.4) is 0 Å². The SMILES string of the molecule is CC[C@@H](C(=O)NCC(C)C)N(Cc1ccc(C)cc1)C(=O)COc1cc(C)cc(C)c1. The Labute approximate surface area is 186 Å². The van der Waals surface area contributed by atoms with Gasteiger partial charge in [0.15, 0.2) is 6.61 Å². The van der Waals surface area contributed by atoms with Crippen molar-refractivity contribution in [3.63, 3.8) is 0 Å². The predicted octanol–water partition coefficient (Wildman–Crippen LogP) is 4.57. The summed E-state index contributed by atoms with van der Waals surface area (Å²) in [5.74, 6) is 0.684. The Bertz CT molecular complexity index is 854. The molecule has 5 heteroatoms. The maximum absolute atomic E-state index is 13.2. The monoisotopic (exact) mass is 424 g/mol. The summed E-state index contributed by atoms with van der Waals surface area (Å²) in [4.78, 5) is 27.8. The maximum atomic E-state index is 13.2. The number of aryl methyl sites for hydroxylation is 3. The zero-order valence-electron chi connectivity index (χ0n) is 19.7. The van der Waals surface area contributed by atoms with Crippen LogP contribution in [0.2, 0.25) is 0 Å². The van der Waals surface area contributed by atoms with Crippen molar-refractivity contribution in [3.05, 3.63) is 64.7 Å². The molecule has 2 aromatic carbocycles. The molecular weight excluding hydrogens is 388 g/mol. The lowest BCUT2D eigenvalue weighted by molar-refractivity contribution is -0.143. The summed E-state index contributed by atoms with van der Waals surface area (Å²) >= 11 is 0. The first-order valence-electron chi connectivity index (χ1n) is 11.0. The molecule has 0 saturated heterocycles. The van der Waals surface area contributed by atoms with Crippen molar-refractivity contribution >= 4 is 11.8 Å². The van der Waals surface area contributed by atoms with Crippen molar-refractivity contribution in [3.8, 4) is 5.75 Å². The van der Waals surface area contributed by atoms with Crippen LogP contribution in [-0.4, -0.2) is 35.9 Å². The molecule has 1 N–H and O–H groups in total. The highest BCUT2D eigenvalue weighted by Crippen LogP contribution is 2.18. The Hall–Kier alpha value is -2.82. The number of benzene rings is 2. The Balaban J connectivity index is 2.20. The van der Waals surface area contributed by atoms with E-state index in [0.717, 1.165) is 22.3 Å². The van der Waals surface area contributed by atoms with Crippen LogP contribution in [0.4, 0.5) is 0 Å². The highest BCUT2D eigenvalue weighted by Gasteiger charge is 2.29. The van der Waals surface area contributed by atoms with Gasteiger partial charge in [0.1, 0.15) is 11.8 Å². The minimum absolute atomic E-state index is 0.108.